The molecule has 1 rings (SSSR count). The topological polar surface area (TPSA) is 87.6 Å². The van der Waals surface area contributed by atoms with Gasteiger partial charge in [0.1, 0.15) is 10.6 Å². The first-order valence-corrected chi connectivity index (χ1v) is 8.52. The van der Waals surface area contributed by atoms with Gasteiger partial charge in [-0.1, -0.05) is 0 Å². The average molecular weight is 469 g/mol. The smallest absolute Gasteiger partial charge is 0.407 e. The summed E-state index contributed by atoms with van der Waals surface area (Å²) in [6.45, 7) is 11.8. The standard InChI is InChI=1S/C15H27N5O2S.HI/c1-6-16-13(20-10-12-19-9-11(2)23-12)17-7-8-18-14(21)22-15(3,4)5;/h9H,6-8,10H2,1-5H3,(H,18,21)(H2,16,17,20);1H. The van der Waals surface area contributed by atoms with Crippen molar-refractivity contribution in [1.82, 2.24) is 20.9 Å². The lowest BCUT2D eigenvalue weighted by molar-refractivity contribution is 0.0529. The largest absolute Gasteiger partial charge is 0.444 e. The van der Waals surface area contributed by atoms with E-state index in [0.29, 0.717) is 25.6 Å². The Kier molecular flexibility index (Phi) is 10.9. The molecule has 0 aliphatic heterocycles. The van der Waals surface area contributed by atoms with Crippen molar-refractivity contribution in [2.24, 2.45) is 4.99 Å². The summed E-state index contributed by atoms with van der Waals surface area (Å²) in [4.78, 5) is 21.5. The summed E-state index contributed by atoms with van der Waals surface area (Å²) in [5.41, 5.74) is -0.486. The zero-order chi connectivity index (χ0) is 17.3. The van der Waals surface area contributed by atoms with E-state index in [1.54, 1.807) is 11.3 Å². The third-order valence-corrected chi connectivity index (χ3v) is 3.37. The van der Waals surface area contributed by atoms with Gasteiger partial charge in [0, 0.05) is 30.7 Å². The lowest BCUT2D eigenvalue weighted by atomic mass is 10.2. The number of thiazole rings is 1. The molecule has 0 atom stereocenters. The molecule has 0 radical (unpaired) electrons. The van der Waals surface area contributed by atoms with Crippen LogP contribution in [0.1, 0.15) is 37.6 Å². The molecule has 3 N–H and O–H groups in total. The van der Waals surface area contributed by atoms with Gasteiger partial charge in [0.25, 0.3) is 0 Å². The number of aliphatic imine (C=N–C) groups is 1. The highest BCUT2D eigenvalue weighted by atomic mass is 127. The van der Waals surface area contributed by atoms with Crippen molar-refractivity contribution < 1.29 is 9.53 Å². The van der Waals surface area contributed by atoms with Crippen LogP contribution in [0, 0.1) is 6.92 Å². The fraction of sp³-hybridized carbons (Fsp3) is 0.667. The van der Waals surface area contributed by atoms with Crippen molar-refractivity contribution in [2.75, 3.05) is 19.6 Å². The molecule has 0 aliphatic carbocycles. The van der Waals surface area contributed by atoms with Crippen LogP contribution in [-0.4, -0.2) is 42.3 Å². The van der Waals surface area contributed by atoms with Crippen molar-refractivity contribution in [3.63, 3.8) is 0 Å². The second-order valence-electron chi connectivity index (χ2n) is 5.92. The number of nitrogens with one attached hydrogen (secondary N) is 3. The van der Waals surface area contributed by atoms with Crippen LogP contribution in [0.15, 0.2) is 11.2 Å². The molecular weight excluding hydrogens is 441 g/mol. The monoisotopic (exact) mass is 469 g/mol. The number of alkyl carbamates (subject to hydrolysis) is 1. The Morgan fingerprint density at radius 2 is 1.96 bits per heavy atom. The maximum atomic E-state index is 11.5. The van der Waals surface area contributed by atoms with E-state index in [2.05, 4.69) is 25.9 Å². The van der Waals surface area contributed by atoms with Gasteiger partial charge in [0.15, 0.2) is 5.96 Å². The highest BCUT2D eigenvalue weighted by Crippen LogP contribution is 2.11. The quantitative estimate of drug-likeness (QED) is 0.258. The van der Waals surface area contributed by atoms with Gasteiger partial charge in [0.2, 0.25) is 0 Å². The van der Waals surface area contributed by atoms with Crippen molar-refractivity contribution in [3.8, 4) is 0 Å². The number of hydrogen-bond acceptors (Lipinski definition) is 5. The number of amides is 1. The Labute approximate surface area is 165 Å². The van der Waals surface area contributed by atoms with Crippen LogP contribution in [0.25, 0.3) is 0 Å². The number of halogens is 1. The van der Waals surface area contributed by atoms with Crippen LogP contribution in [0.5, 0.6) is 0 Å². The molecule has 1 amide bonds. The molecule has 138 valence electrons. The minimum absolute atomic E-state index is 0. The number of rotatable bonds is 6. The zero-order valence-electron chi connectivity index (χ0n) is 14.9. The number of hydrogen-bond donors (Lipinski definition) is 3. The molecule has 0 unspecified atom stereocenters. The molecule has 0 aromatic carbocycles. The number of nitrogens with zero attached hydrogens (tertiary/aromatic N) is 2. The third kappa shape index (κ3) is 10.6. The Balaban J connectivity index is 0.00000529. The van der Waals surface area contributed by atoms with Gasteiger partial charge < -0.3 is 20.7 Å². The summed E-state index contributed by atoms with van der Waals surface area (Å²) in [5.74, 6) is 0.700. The summed E-state index contributed by atoms with van der Waals surface area (Å²) in [5, 5.41) is 9.99. The molecule has 0 saturated heterocycles. The fourth-order valence-electron chi connectivity index (χ4n) is 1.62. The van der Waals surface area contributed by atoms with Crippen LogP contribution < -0.4 is 16.0 Å². The Morgan fingerprint density at radius 1 is 1.29 bits per heavy atom. The van der Waals surface area contributed by atoms with E-state index in [1.165, 1.54) is 4.88 Å². The van der Waals surface area contributed by atoms with Crippen molar-refractivity contribution in [3.05, 3.63) is 16.1 Å². The van der Waals surface area contributed by atoms with Crippen molar-refractivity contribution in [1.29, 1.82) is 0 Å². The molecule has 0 saturated carbocycles. The number of carbonyl (C=O) groups is 1. The number of aromatic nitrogens is 1. The number of ether oxygens (including phenoxy) is 1. The van der Waals surface area contributed by atoms with E-state index in [0.717, 1.165) is 11.6 Å². The van der Waals surface area contributed by atoms with Gasteiger partial charge in [-0.05, 0) is 34.6 Å². The first kappa shape index (κ1) is 22.9. The fourth-order valence-corrected chi connectivity index (χ4v) is 2.33. The van der Waals surface area contributed by atoms with Gasteiger partial charge >= 0.3 is 6.09 Å². The van der Waals surface area contributed by atoms with Crippen LogP contribution in [0.3, 0.4) is 0 Å². The van der Waals surface area contributed by atoms with Crippen LogP contribution in [0.2, 0.25) is 0 Å². The predicted molar refractivity (Wildman–Crippen MR) is 109 cm³/mol. The number of guanidine groups is 1. The molecule has 1 aromatic rings. The first-order chi connectivity index (χ1) is 10.8. The van der Waals surface area contributed by atoms with Gasteiger partial charge in [-0.3, -0.25) is 0 Å². The molecule has 0 aliphatic rings. The van der Waals surface area contributed by atoms with Crippen LogP contribution >= 0.6 is 35.3 Å². The number of carbonyl (C=O) groups excluding carboxylic acids is 1. The SMILES string of the molecule is CCNC(=NCc1ncc(C)s1)NCCNC(=O)OC(C)(C)C.I. The van der Waals surface area contributed by atoms with E-state index >= 15 is 0 Å². The minimum atomic E-state index is -0.486. The molecule has 1 aromatic heterocycles. The second kappa shape index (κ2) is 11.5. The third-order valence-electron chi connectivity index (χ3n) is 2.47. The maximum Gasteiger partial charge on any atom is 0.407 e. The average Bonchev–Trinajstić information content (AvgIpc) is 2.84. The summed E-state index contributed by atoms with van der Waals surface area (Å²) < 4.78 is 5.17. The minimum Gasteiger partial charge on any atom is -0.444 e. The lowest BCUT2D eigenvalue weighted by Crippen LogP contribution is -2.42. The molecule has 1 heterocycles. The summed E-state index contributed by atoms with van der Waals surface area (Å²) >= 11 is 1.64. The van der Waals surface area contributed by atoms with E-state index in [1.807, 2.05) is 40.8 Å². The van der Waals surface area contributed by atoms with E-state index in [-0.39, 0.29) is 24.0 Å². The van der Waals surface area contributed by atoms with E-state index in [9.17, 15) is 4.79 Å². The Bertz CT molecular complexity index is 528. The lowest BCUT2D eigenvalue weighted by Gasteiger charge is -2.19. The zero-order valence-corrected chi connectivity index (χ0v) is 18.1. The van der Waals surface area contributed by atoms with E-state index < -0.39 is 11.7 Å². The Morgan fingerprint density at radius 3 is 2.50 bits per heavy atom. The van der Waals surface area contributed by atoms with Gasteiger partial charge in [0.05, 0.1) is 6.54 Å². The second-order valence-corrected chi connectivity index (χ2v) is 7.23. The molecule has 9 heteroatoms. The predicted octanol–water partition coefficient (Wildman–Crippen LogP) is 2.65. The highest BCUT2D eigenvalue weighted by molar-refractivity contribution is 14.0. The van der Waals surface area contributed by atoms with Gasteiger partial charge in [-0.25, -0.2) is 14.8 Å². The summed E-state index contributed by atoms with van der Waals surface area (Å²) in [6.07, 6.45) is 1.43. The Hall–Kier alpha value is -1.10. The van der Waals surface area contributed by atoms with Crippen molar-refractivity contribution in [2.45, 2.75) is 46.8 Å². The maximum absolute atomic E-state index is 11.5. The van der Waals surface area contributed by atoms with E-state index in [4.69, 9.17) is 4.74 Å². The van der Waals surface area contributed by atoms with Gasteiger partial charge in [-0.2, -0.15) is 0 Å². The van der Waals surface area contributed by atoms with Gasteiger partial charge in [-0.15, -0.1) is 35.3 Å². The highest BCUT2D eigenvalue weighted by Gasteiger charge is 2.15. The summed E-state index contributed by atoms with van der Waals surface area (Å²) in [7, 11) is 0. The molecule has 0 spiro atoms. The first-order valence-electron chi connectivity index (χ1n) is 7.70. The molecule has 24 heavy (non-hydrogen) atoms. The molecule has 7 nitrogen and oxygen atoms in total. The van der Waals surface area contributed by atoms with Crippen LogP contribution in [0.4, 0.5) is 4.79 Å². The van der Waals surface area contributed by atoms with Crippen molar-refractivity contribution >= 4 is 47.4 Å². The van der Waals surface area contributed by atoms with Crippen LogP contribution in [-0.2, 0) is 11.3 Å². The molecule has 0 bridgehead atoms. The summed E-state index contributed by atoms with van der Waals surface area (Å²) in [6, 6.07) is 0. The number of aryl methyl sites for hydroxylation is 1. The normalized spacial score (nSPS) is 11.5. The molecular formula is C15H28IN5O2S. The molecule has 0 fully saturated rings.